The average Bonchev–Trinajstić information content (AvgIpc) is 3.12. The Morgan fingerprint density at radius 3 is 2.61 bits per heavy atom. The molecule has 5 N–H and O–H groups in total. The molecule has 2 aromatic rings. The Morgan fingerprint density at radius 2 is 1.94 bits per heavy atom. The molecule has 2 aliphatic heterocycles. The molecule has 7 heteroatoms. The molecule has 31 heavy (non-hydrogen) atoms. The molecule has 0 aromatic heterocycles. The summed E-state index contributed by atoms with van der Waals surface area (Å²) < 4.78 is 1.63. The zero-order valence-electron chi connectivity index (χ0n) is 18.1. The number of nitrogens with zero attached hydrogens (tertiary/aromatic N) is 2. The molecular formula is C24H28N6O. The first kappa shape index (κ1) is 20.7. The van der Waals surface area contributed by atoms with Crippen molar-refractivity contribution in [2.75, 3.05) is 0 Å². The van der Waals surface area contributed by atoms with Crippen LogP contribution in [0.2, 0.25) is 0 Å². The highest BCUT2D eigenvalue weighted by molar-refractivity contribution is 5.86. The van der Waals surface area contributed by atoms with Crippen LogP contribution in [0.25, 0.3) is 27.8 Å². The zero-order valence-corrected chi connectivity index (χ0v) is 18.1. The quantitative estimate of drug-likeness (QED) is 0.278. The lowest BCUT2D eigenvalue weighted by Gasteiger charge is -2.21. The van der Waals surface area contributed by atoms with Gasteiger partial charge in [0.05, 0.1) is 17.4 Å². The van der Waals surface area contributed by atoms with Gasteiger partial charge in [0, 0.05) is 17.7 Å². The maximum Gasteiger partial charge on any atom is 0.278 e. The van der Waals surface area contributed by atoms with E-state index in [0.717, 1.165) is 34.1 Å². The van der Waals surface area contributed by atoms with Crippen molar-refractivity contribution in [2.45, 2.75) is 45.6 Å². The number of H-pyrrole nitrogens is 1. The summed E-state index contributed by atoms with van der Waals surface area (Å²) in [5.74, 6) is 0.515. The lowest BCUT2D eigenvalue weighted by molar-refractivity contribution is 0.594. The Kier molecular flexibility index (Phi) is 5.50. The Hall–Kier alpha value is -3.61. The van der Waals surface area contributed by atoms with Gasteiger partial charge in [-0.15, -0.1) is 0 Å². The van der Waals surface area contributed by atoms with Crippen molar-refractivity contribution >= 4 is 16.7 Å². The molecule has 0 spiro atoms. The second-order valence-electron chi connectivity index (χ2n) is 7.97. The number of aromatic nitrogens is 3. The molecule has 2 aliphatic rings. The summed E-state index contributed by atoms with van der Waals surface area (Å²) in [4.78, 5) is 21.4. The molecule has 2 aromatic carbocycles. The third-order valence-corrected chi connectivity index (χ3v) is 5.89. The van der Waals surface area contributed by atoms with Gasteiger partial charge in [0.15, 0.2) is 11.8 Å². The Labute approximate surface area is 181 Å². The maximum absolute atomic E-state index is 13.2. The number of imidazole rings is 1. The third kappa shape index (κ3) is 3.79. The number of fused-ring (bicyclic) bond motifs is 2. The van der Waals surface area contributed by atoms with E-state index >= 15 is 0 Å². The number of guanidine groups is 1. The SMILES string of the molecule is CCC(C)c1nc2c(C(CC)NC(=N)N)[nH]c(-c3ccc4ccccc4c3)cn-2c1=O. The van der Waals surface area contributed by atoms with Crippen LogP contribution in [0, 0.1) is 5.41 Å². The van der Waals surface area contributed by atoms with E-state index in [2.05, 4.69) is 34.6 Å². The largest absolute Gasteiger partial charge is 0.370 e. The summed E-state index contributed by atoms with van der Waals surface area (Å²) >= 11 is 0. The fourth-order valence-corrected chi connectivity index (χ4v) is 3.93. The summed E-state index contributed by atoms with van der Waals surface area (Å²) in [5.41, 5.74) is 8.62. The Morgan fingerprint density at radius 1 is 1.19 bits per heavy atom. The molecule has 2 heterocycles. The van der Waals surface area contributed by atoms with E-state index in [1.54, 1.807) is 4.57 Å². The van der Waals surface area contributed by atoms with E-state index in [4.69, 9.17) is 16.1 Å². The summed E-state index contributed by atoms with van der Waals surface area (Å²) in [6, 6.07) is 14.1. The summed E-state index contributed by atoms with van der Waals surface area (Å²) in [5, 5.41) is 13.0. The number of hydrogen-bond acceptors (Lipinski definition) is 3. The van der Waals surface area contributed by atoms with Crippen LogP contribution in [-0.2, 0) is 0 Å². The van der Waals surface area contributed by atoms with Gasteiger partial charge in [0.2, 0.25) is 0 Å². The predicted octanol–water partition coefficient (Wildman–Crippen LogP) is 4.27. The summed E-state index contributed by atoms with van der Waals surface area (Å²) in [7, 11) is 0. The molecule has 0 radical (unpaired) electrons. The van der Waals surface area contributed by atoms with Gasteiger partial charge in [-0.3, -0.25) is 14.8 Å². The van der Waals surface area contributed by atoms with Gasteiger partial charge in [-0.25, -0.2) is 4.98 Å². The van der Waals surface area contributed by atoms with Crippen LogP contribution >= 0.6 is 0 Å². The second kappa shape index (κ2) is 8.26. The maximum atomic E-state index is 13.2. The molecule has 0 bridgehead atoms. The molecule has 160 valence electrons. The number of nitrogens with two attached hydrogens (primary N) is 1. The van der Waals surface area contributed by atoms with Crippen LogP contribution in [0.3, 0.4) is 0 Å². The molecule has 0 aliphatic carbocycles. The minimum absolute atomic E-state index is 0.0604. The smallest absolute Gasteiger partial charge is 0.278 e. The molecular weight excluding hydrogens is 388 g/mol. The monoisotopic (exact) mass is 416 g/mol. The molecule has 0 saturated carbocycles. The van der Waals surface area contributed by atoms with E-state index in [1.807, 2.05) is 45.2 Å². The van der Waals surface area contributed by atoms with E-state index in [0.29, 0.717) is 17.9 Å². The van der Waals surface area contributed by atoms with Gasteiger partial charge in [0.1, 0.15) is 5.69 Å². The molecule has 7 nitrogen and oxygen atoms in total. The summed E-state index contributed by atoms with van der Waals surface area (Å²) in [6.07, 6.45) is 3.33. The van der Waals surface area contributed by atoms with E-state index in [-0.39, 0.29) is 23.5 Å². The first-order valence-corrected chi connectivity index (χ1v) is 10.7. The van der Waals surface area contributed by atoms with Crippen LogP contribution in [0.15, 0.2) is 53.5 Å². The zero-order chi connectivity index (χ0) is 22.1. The van der Waals surface area contributed by atoms with Crippen LogP contribution in [0.1, 0.15) is 57.0 Å². The molecule has 2 atom stereocenters. The van der Waals surface area contributed by atoms with Gasteiger partial charge < -0.3 is 16.0 Å². The van der Waals surface area contributed by atoms with Gasteiger partial charge >= 0.3 is 0 Å². The fraction of sp³-hybridized carbons (Fsp3) is 0.292. The molecule has 4 rings (SSSR count). The third-order valence-electron chi connectivity index (χ3n) is 5.89. The van der Waals surface area contributed by atoms with Gasteiger partial charge in [-0.1, -0.05) is 57.2 Å². The number of rotatable bonds is 6. The van der Waals surface area contributed by atoms with Crippen molar-refractivity contribution < 1.29 is 0 Å². The minimum Gasteiger partial charge on any atom is -0.370 e. The second-order valence-corrected chi connectivity index (χ2v) is 7.97. The van der Waals surface area contributed by atoms with Crippen LogP contribution in [-0.4, -0.2) is 20.5 Å². The molecule has 0 saturated heterocycles. The predicted molar refractivity (Wildman–Crippen MR) is 125 cm³/mol. The topological polar surface area (TPSA) is 113 Å². The first-order valence-electron chi connectivity index (χ1n) is 10.7. The number of hydrogen-bond donors (Lipinski definition) is 4. The lowest BCUT2D eigenvalue weighted by Crippen LogP contribution is -2.35. The van der Waals surface area contributed by atoms with Crippen molar-refractivity contribution in [2.24, 2.45) is 5.73 Å². The number of nitrogens with one attached hydrogen (secondary N) is 3. The van der Waals surface area contributed by atoms with E-state index in [9.17, 15) is 4.79 Å². The normalized spacial score (nSPS) is 13.4. The van der Waals surface area contributed by atoms with Gasteiger partial charge in [0.25, 0.3) is 5.56 Å². The fourth-order valence-electron chi connectivity index (χ4n) is 3.93. The van der Waals surface area contributed by atoms with E-state index in [1.165, 1.54) is 0 Å². The van der Waals surface area contributed by atoms with Crippen molar-refractivity contribution in [1.29, 1.82) is 5.41 Å². The van der Waals surface area contributed by atoms with Crippen molar-refractivity contribution in [3.63, 3.8) is 0 Å². The molecule has 2 unspecified atom stereocenters. The minimum atomic E-state index is -0.271. The highest BCUT2D eigenvalue weighted by Gasteiger charge is 2.26. The summed E-state index contributed by atoms with van der Waals surface area (Å²) in [6.45, 7) is 6.07. The Balaban J connectivity index is 1.96. The van der Waals surface area contributed by atoms with Crippen molar-refractivity contribution in [1.82, 2.24) is 19.9 Å². The first-order chi connectivity index (χ1) is 14.9. The van der Waals surface area contributed by atoms with Crippen molar-refractivity contribution in [3.8, 4) is 17.1 Å². The van der Waals surface area contributed by atoms with Crippen LogP contribution in [0.4, 0.5) is 0 Å². The van der Waals surface area contributed by atoms with E-state index < -0.39 is 0 Å². The average molecular weight is 417 g/mol. The van der Waals surface area contributed by atoms with Gasteiger partial charge in [-0.05, 0) is 29.7 Å². The van der Waals surface area contributed by atoms with Gasteiger partial charge in [-0.2, -0.15) is 0 Å². The molecule has 0 fully saturated rings. The lowest BCUT2D eigenvalue weighted by atomic mass is 10.0. The standard InChI is InChI=1S/C24H28N6O/c1-4-14(3)20-23(31)30-13-19(17-11-10-15-8-6-7-9-16(15)12-17)27-21(22(30)29-20)18(5-2)28-24(25)26/h6-14,18,27H,4-5H2,1-3H3,(H4,25,26,28). The number of benzene rings is 2. The Bertz CT molecular complexity index is 1270. The molecule has 0 amide bonds. The number of aromatic amines is 1. The van der Waals surface area contributed by atoms with Crippen LogP contribution in [0.5, 0.6) is 0 Å². The highest BCUT2D eigenvalue weighted by atomic mass is 16.1. The van der Waals surface area contributed by atoms with Crippen LogP contribution < -0.4 is 16.6 Å². The highest BCUT2D eigenvalue weighted by Crippen LogP contribution is 2.29. The van der Waals surface area contributed by atoms with Crippen molar-refractivity contribution in [3.05, 3.63) is 70.4 Å².